The molecule has 0 atom stereocenters. The van der Waals surface area contributed by atoms with Crippen LogP contribution in [0.4, 0.5) is 5.95 Å². The van der Waals surface area contributed by atoms with E-state index in [0.29, 0.717) is 18.3 Å². The summed E-state index contributed by atoms with van der Waals surface area (Å²) in [5.74, 6) is 2.14. The number of aromatic amines is 1. The number of hydrogen-bond acceptors (Lipinski definition) is 7. The number of anilines is 1. The molecule has 1 fully saturated rings. The van der Waals surface area contributed by atoms with E-state index in [9.17, 15) is 0 Å². The second-order valence-electron chi connectivity index (χ2n) is 5.90. The third kappa shape index (κ3) is 3.00. The lowest BCUT2D eigenvalue weighted by atomic mass is 10.1. The van der Waals surface area contributed by atoms with E-state index < -0.39 is 0 Å². The summed E-state index contributed by atoms with van der Waals surface area (Å²) in [5, 5.41) is 10.9. The van der Waals surface area contributed by atoms with E-state index in [2.05, 4.69) is 35.1 Å². The van der Waals surface area contributed by atoms with E-state index in [4.69, 9.17) is 4.52 Å². The largest absolute Gasteiger partial charge is 0.339 e. The van der Waals surface area contributed by atoms with Crippen molar-refractivity contribution in [1.82, 2.24) is 30.2 Å². The van der Waals surface area contributed by atoms with Crippen LogP contribution in [0.15, 0.2) is 35.1 Å². The van der Waals surface area contributed by atoms with Crippen molar-refractivity contribution < 1.29 is 4.52 Å². The number of aryl methyl sites for hydroxylation is 1. The molecule has 0 radical (unpaired) electrons. The van der Waals surface area contributed by atoms with Gasteiger partial charge in [-0.1, -0.05) is 29.4 Å². The lowest BCUT2D eigenvalue weighted by Gasteiger charge is -2.33. The monoisotopic (exact) mass is 325 g/mol. The second kappa shape index (κ2) is 6.40. The molecule has 0 unspecified atom stereocenters. The van der Waals surface area contributed by atoms with Gasteiger partial charge in [0.1, 0.15) is 6.33 Å². The lowest BCUT2D eigenvalue weighted by Crippen LogP contribution is -2.46. The van der Waals surface area contributed by atoms with Crippen LogP contribution in [-0.2, 0) is 6.54 Å². The number of benzene rings is 1. The van der Waals surface area contributed by atoms with Crippen molar-refractivity contribution >= 4 is 5.95 Å². The van der Waals surface area contributed by atoms with Crippen LogP contribution in [0.2, 0.25) is 0 Å². The zero-order chi connectivity index (χ0) is 16.4. The van der Waals surface area contributed by atoms with Gasteiger partial charge < -0.3 is 9.42 Å². The summed E-state index contributed by atoms with van der Waals surface area (Å²) in [6, 6.07) is 8.06. The second-order valence-corrected chi connectivity index (χ2v) is 5.90. The first-order valence-corrected chi connectivity index (χ1v) is 8.01. The van der Waals surface area contributed by atoms with Gasteiger partial charge in [-0.2, -0.15) is 15.1 Å². The number of hydrogen-bond donors (Lipinski definition) is 1. The Morgan fingerprint density at radius 1 is 1.17 bits per heavy atom. The summed E-state index contributed by atoms with van der Waals surface area (Å²) >= 11 is 0. The highest BCUT2D eigenvalue weighted by Crippen LogP contribution is 2.20. The third-order valence-electron chi connectivity index (χ3n) is 4.29. The van der Waals surface area contributed by atoms with Gasteiger partial charge in [-0.05, 0) is 12.5 Å². The quantitative estimate of drug-likeness (QED) is 0.777. The maximum Gasteiger partial charge on any atom is 0.241 e. The summed E-state index contributed by atoms with van der Waals surface area (Å²) < 4.78 is 5.43. The Balaban J connectivity index is 1.38. The van der Waals surface area contributed by atoms with Gasteiger partial charge in [-0.3, -0.25) is 4.90 Å². The normalized spacial score (nSPS) is 15.8. The molecule has 0 bridgehead atoms. The fourth-order valence-corrected chi connectivity index (χ4v) is 2.91. The minimum atomic E-state index is 0.654. The van der Waals surface area contributed by atoms with Crippen molar-refractivity contribution in [2.75, 3.05) is 31.1 Å². The van der Waals surface area contributed by atoms with Crippen molar-refractivity contribution in [3.05, 3.63) is 42.0 Å². The molecule has 0 spiro atoms. The topological polar surface area (TPSA) is 87.0 Å². The third-order valence-corrected chi connectivity index (χ3v) is 4.29. The minimum Gasteiger partial charge on any atom is -0.339 e. The van der Waals surface area contributed by atoms with Crippen molar-refractivity contribution in [3.63, 3.8) is 0 Å². The van der Waals surface area contributed by atoms with Crippen LogP contribution < -0.4 is 4.90 Å². The molecule has 0 saturated carbocycles. The molecule has 4 rings (SSSR count). The van der Waals surface area contributed by atoms with E-state index >= 15 is 0 Å². The lowest BCUT2D eigenvalue weighted by molar-refractivity contribution is 0.215. The van der Waals surface area contributed by atoms with Gasteiger partial charge in [0.15, 0.2) is 0 Å². The number of rotatable bonds is 4. The molecule has 0 amide bonds. The van der Waals surface area contributed by atoms with E-state index in [1.807, 2.05) is 31.2 Å². The number of H-pyrrole nitrogens is 1. The molecule has 1 aromatic carbocycles. The predicted octanol–water partition coefficient (Wildman–Crippen LogP) is 1.49. The molecule has 1 saturated heterocycles. The average molecular weight is 325 g/mol. The van der Waals surface area contributed by atoms with E-state index in [1.54, 1.807) is 0 Å². The average Bonchev–Trinajstić information content (AvgIpc) is 3.28. The van der Waals surface area contributed by atoms with Crippen LogP contribution in [0.25, 0.3) is 11.4 Å². The molecule has 124 valence electrons. The molecular weight excluding hydrogens is 306 g/mol. The molecule has 3 heterocycles. The van der Waals surface area contributed by atoms with Crippen molar-refractivity contribution in [2.24, 2.45) is 0 Å². The van der Waals surface area contributed by atoms with Crippen LogP contribution >= 0.6 is 0 Å². The highest BCUT2D eigenvalue weighted by Gasteiger charge is 2.21. The van der Waals surface area contributed by atoms with E-state index in [0.717, 1.165) is 43.3 Å². The molecular formula is C16H19N7O. The van der Waals surface area contributed by atoms with Gasteiger partial charge in [0.25, 0.3) is 0 Å². The summed E-state index contributed by atoms with van der Waals surface area (Å²) in [5.41, 5.74) is 2.16. The van der Waals surface area contributed by atoms with Crippen LogP contribution in [0.5, 0.6) is 0 Å². The minimum absolute atomic E-state index is 0.654. The number of nitrogens with one attached hydrogen (secondary N) is 1. The molecule has 8 nitrogen and oxygen atoms in total. The van der Waals surface area contributed by atoms with E-state index in [-0.39, 0.29) is 0 Å². The molecule has 0 aliphatic carbocycles. The Morgan fingerprint density at radius 2 is 2.00 bits per heavy atom. The molecule has 24 heavy (non-hydrogen) atoms. The smallest absolute Gasteiger partial charge is 0.241 e. The highest BCUT2D eigenvalue weighted by atomic mass is 16.5. The molecule has 1 aliphatic rings. The number of nitrogens with zero attached hydrogens (tertiary/aromatic N) is 6. The Labute approximate surface area is 139 Å². The molecule has 1 aliphatic heterocycles. The Bertz CT molecular complexity index is 790. The van der Waals surface area contributed by atoms with Gasteiger partial charge in [-0.25, -0.2) is 5.10 Å². The predicted molar refractivity (Wildman–Crippen MR) is 88.3 cm³/mol. The first kappa shape index (κ1) is 14.8. The Kier molecular flexibility index (Phi) is 3.96. The fourth-order valence-electron chi connectivity index (χ4n) is 2.91. The summed E-state index contributed by atoms with van der Waals surface area (Å²) in [7, 11) is 0. The maximum absolute atomic E-state index is 5.43. The van der Waals surface area contributed by atoms with Crippen LogP contribution in [0.1, 0.15) is 11.5 Å². The first-order chi connectivity index (χ1) is 11.8. The first-order valence-electron chi connectivity index (χ1n) is 8.01. The maximum atomic E-state index is 5.43. The fraction of sp³-hybridized carbons (Fsp3) is 0.375. The van der Waals surface area contributed by atoms with Gasteiger partial charge in [0.2, 0.25) is 17.7 Å². The van der Waals surface area contributed by atoms with Crippen LogP contribution in [0, 0.1) is 6.92 Å². The number of aromatic nitrogens is 5. The summed E-state index contributed by atoms with van der Waals surface area (Å²) in [4.78, 5) is 13.2. The Hall–Kier alpha value is -2.74. The standard InChI is InChI=1S/C16H19N7O/c1-12-4-2-3-5-13(12)15-19-14(24-21-15)10-22-6-8-23(9-7-22)16-17-11-18-20-16/h2-5,11H,6-10H2,1H3,(H,17,18,20). The van der Waals surface area contributed by atoms with Crippen molar-refractivity contribution in [3.8, 4) is 11.4 Å². The molecule has 8 heteroatoms. The number of piperazine rings is 1. The van der Waals surface area contributed by atoms with Gasteiger partial charge >= 0.3 is 0 Å². The van der Waals surface area contributed by atoms with Crippen molar-refractivity contribution in [1.29, 1.82) is 0 Å². The van der Waals surface area contributed by atoms with Crippen LogP contribution in [0.3, 0.4) is 0 Å². The summed E-state index contributed by atoms with van der Waals surface area (Å²) in [6.07, 6.45) is 1.53. The van der Waals surface area contributed by atoms with Crippen LogP contribution in [-0.4, -0.2) is 56.4 Å². The van der Waals surface area contributed by atoms with Crippen molar-refractivity contribution in [2.45, 2.75) is 13.5 Å². The summed E-state index contributed by atoms with van der Waals surface area (Å²) in [6.45, 7) is 6.35. The van der Waals surface area contributed by atoms with Gasteiger partial charge in [0, 0.05) is 31.7 Å². The van der Waals surface area contributed by atoms with E-state index in [1.165, 1.54) is 6.33 Å². The zero-order valence-electron chi connectivity index (χ0n) is 13.5. The molecule has 3 aromatic rings. The van der Waals surface area contributed by atoms with Gasteiger partial charge in [0.05, 0.1) is 6.54 Å². The van der Waals surface area contributed by atoms with Gasteiger partial charge in [-0.15, -0.1) is 0 Å². The molecule has 1 N–H and O–H groups in total. The SMILES string of the molecule is Cc1ccccc1-c1noc(CN2CCN(c3ncn[nH]3)CC2)n1. The highest BCUT2D eigenvalue weighted by molar-refractivity contribution is 5.58. The zero-order valence-corrected chi connectivity index (χ0v) is 13.5. The molecule has 2 aromatic heterocycles. The Morgan fingerprint density at radius 3 is 2.75 bits per heavy atom.